The molecule has 0 aliphatic heterocycles. The Morgan fingerprint density at radius 3 is 3.00 bits per heavy atom. The highest BCUT2D eigenvalue weighted by molar-refractivity contribution is 7.16. The van der Waals surface area contributed by atoms with Crippen LogP contribution in [0.3, 0.4) is 0 Å². The van der Waals surface area contributed by atoms with Crippen molar-refractivity contribution in [2.75, 3.05) is 6.61 Å². The maximum atomic E-state index is 10.8. The molecule has 0 spiro atoms. The largest absolute Gasteiger partial charge is 0.493 e. The molecular weight excluding hydrogens is 286 g/mol. The van der Waals surface area contributed by atoms with Gasteiger partial charge in [-0.1, -0.05) is 29.0 Å². The molecule has 108 valence electrons. The van der Waals surface area contributed by atoms with Crippen molar-refractivity contribution in [3.63, 3.8) is 0 Å². The van der Waals surface area contributed by atoms with Gasteiger partial charge < -0.3 is 4.74 Å². The third kappa shape index (κ3) is 2.80. The van der Waals surface area contributed by atoms with Crippen LogP contribution in [0.4, 0.5) is 0 Å². The molecule has 0 radical (unpaired) electrons. The minimum atomic E-state index is 0.475. The first kappa shape index (κ1) is 13.8. The summed E-state index contributed by atoms with van der Waals surface area (Å²) in [5.74, 6) is 0.899. The van der Waals surface area contributed by atoms with Crippen LogP contribution in [0.5, 0.6) is 5.75 Å². The third-order valence-electron chi connectivity index (χ3n) is 3.18. The van der Waals surface area contributed by atoms with Gasteiger partial charge in [0.1, 0.15) is 16.5 Å². The second kappa shape index (κ2) is 5.65. The van der Waals surface area contributed by atoms with Crippen LogP contribution in [0.2, 0.25) is 0 Å². The summed E-state index contributed by atoms with van der Waals surface area (Å²) < 4.78 is 7.37. The first-order valence-corrected chi connectivity index (χ1v) is 7.47. The van der Waals surface area contributed by atoms with E-state index in [9.17, 15) is 4.79 Å². The molecule has 0 atom stereocenters. The van der Waals surface area contributed by atoms with Crippen molar-refractivity contribution in [1.29, 1.82) is 0 Å². The van der Waals surface area contributed by atoms with Gasteiger partial charge in [0.2, 0.25) is 4.96 Å². The number of hydrogen-bond acceptors (Lipinski definition) is 5. The monoisotopic (exact) mass is 301 g/mol. The average molecular weight is 301 g/mol. The van der Waals surface area contributed by atoms with Crippen molar-refractivity contribution < 1.29 is 9.53 Å². The van der Waals surface area contributed by atoms with Crippen LogP contribution < -0.4 is 4.74 Å². The highest BCUT2D eigenvalue weighted by atomic mass is 32.1. The van der Waals surface area contributed by atoms with Crippen molar-refractivity contribution in [1.82, 2.24) is 14.6 Å². The Morgan fingerprint density at radius 1 is 1.38 bits per heavy atom. The van der Waals surface area contributed by atoms with Crippen LogP contribution >= 0.6 is 11.3 Å². The Kier molecular flexibility index (Phi) is 3.70. The standard InChI is InChI=1S/C15H15N3O2S/c1-10-3-4-13(11(2)7-10)20-6-5-14-17-18-12(9-19)8-16-15(18)21-14/h3-4,7-9H,5-6H2,1-2H3. The number of rotatable bonds is 5. The van der Waals surface area contributed by atoms with Gasteiger partial charge in [-0.25, -0.2) is 9.50 Å². The SMILES string of the molecule is Cc1ccc(OCCc2nn3c(C=O)cnc3s2)c(C)c1. The number of ether oxygens (including phenoxy) is 1. The molecule has 0 fully saturated rings. The van der Waals surface area contributed by atoms with E-state index in [0.29, 0.717) is 18.7 Å². The van der Waals surface area contributed by atoms with E-state index < -0.39 is 0 Å². The molecule has 0 bridgehead atoms. The highest BCUT2D eigenvalue weighted by Crippen LogP contribution is 2.20. The van der Waals surface area contributed by atoms with Crippen LogP contribution in [-0.2, 0) is 6.42 Å². The fraction of sp³-hybridized carbons (Fsp3) is 0.267. The summed E-state index contributed by atoms with van der Waals surface area (Å²) in [6.45, 7) is 4.65. The van der Waals surface area contributed by atoms with Gasteiger partial charge in [0.25, 0.3) is 0 Å². The van der Waals surface area contributed by atoms with Crippen LogP contribution in [0, 0.1) is 13.8 Å². The van der Waals surface area contributed by atoms with Gasteiger partial charge in [-0.05, 0) is 25.5 Å². The Labute approximate surface area is 126 Å². The second-order valence-corrected chi connectivity index (χ2v) is 5.90. The zero-order valence-corrected chi connectivity index (χ0v) is 12.7. The van der Waals surface area contributed by atoms with E-state index in [1.54, 1.807) is 4.52 Å². The van der Waals surface area contributed by atoms with Gasteiger partial charge in [-0.3, -0.25) is 4.79 Å². The first-order valence-electron chi connectivity index (χ1n) is 6.66. The fourth-order valence-corrected chi connectivity index (χ4v) is 3.00. The van der Waals surface area contributed by atoms with Gasteiger partial charge in [-0.15, -0.1) is 0 Å². The second-order valence-electron chi connectivity index (χ2n) is 4.86. The lowest BCUT2D eigenvalue weighted by Gasteiger charge is -2.08. The third-order valence-corrected chi connectivity index (χ3v) is 4.16. The molecule has 3 rings (SSSR count). The molecule has 2 aromatic heterocycles. The molecule has 21 heavy (non-hydrogen) atoms. The van der Waals surface area contributed by atoms with E-state index in [2.05, 4.69) is 23.1 Å². The number of carbonyl (C=O) groups is 1. The Hall–Kier alpha value is -2.21. The minimum Gasteiger partial charge on any atom is -0.493 e. The number of carbonyl (C=O) groups excluding carboxylic acids is 1. The van der Waals surface area contributed by atoms with Crippen LogP contribution in [-0.4, -0.2) is 27.5 Å². The van der Waals surface area contributed by atoms with Crippen LogP contribution in [0.1, 0.15) is 26.6 Å². The number of aldehydes is 1. The summed E-state index contributed by atoms with van der Waals surface area (Å²) in [5.41, 5.74) is 2.83. The summed E-state index contributed by atoms with van der Waals surface area (Å²) in [5, 5.41) is 5.28. The number of aryl methyl sites for hydroxylation is 2. The zero-order valence-electron chi connectivity index (χ0n) is 11.9. The van der Waals surface area contributed by atoms with Crippen LogP contribution in [0.15, 0.2) is 24.4 Å². The Balaban J connectivity index is 1.66. The number of aromatic nitrogens is 3. The van der Waals surface area contributed by atoms with E-state index in [1.165, 1.54) is 23.1 Å². The number of fused-ring (bicyclic) bond motifs is 1. The van der Waals surface area contributed by atoms with E-state index in [4.69, 9.17) is 4.74 Å². The molecule has 0 saturated carbocycles. The predicted octanol–water partition coefficient (Wildman–Crippen LogP) is 2.84. The molecule has 0 saturated heterocycles. The fourth-order valence-electron chi connectivity index (χ4n) is 2.14. The molecule has 0 unspecified atom stereocenters. The average Bonchev–Trinajstić information content (AvgIpc) is 3.00. The molecule has 0 aliphatic rings. The first-order chi connectivity index (χ1) is 10.2. The molecule has 2 heterocycles. The van der Waals surface area contributed by atoms with Gasteiger partial charge in [-0.2, -0.15) is 5.10 Å². The molecule has 0 amide bonds. The maximum Gasteiger partial charge on any atom is 0.212 e. The number of hydrogen-bond donors (Lipinski definition) is 0. The summed E-state index contributed by atoms with van der Waals surface area (Å²) in [4.78, 5) is 15.7. The lowest BCUT2D eigenvalue weighted by Crippen LogP contribution is -2.03. The number of imidazole rings is 1. The van der Waals surface area contributed by atoms with E-state index in [0.717, 1.165) is 27.6 Å². The van der Waals surface area contributed by atoms with Crippen LogP contribution in [0.25, 0.3) is 4.96 Å². The van der Waals surface area contributed by atoms with Crippen molar-refractivity contribution >= 4 is 22.6 Å². The van der Waals surface area contributed by atoms with Gasteiger partial charge in [0.15, 0.2) is 6.29 Å². The summed E-state index contributed by atoms with van der Waals surface area (Å²) in [6.07, 6.45) is 2.98. The molecule has 5 nitrogen and oxygen atoms in total. The molecule has 3 aromatic rings. The van der Waals surface area contributed by atoms with Crippen molar-refractivity contribution in [3.8, 4) is 5.75 Å². The van der Waals surface area contributed by atoms with Crippen molar-refractivity contribution in [2.45, 2.75) is 20.3 Å². The summed E-state index contributed by atoms with van der Waals surface area (Å²) in [6, 6.07) is 6.13. The van der Waals surface area contributed by atoms with E-state index in [-0.39, 0.29) is 0 Å². The Bertz CT molecular complexity index is 791. The molecule has 0 N–H and O–H groups in total. The van der Waals surface area contributed by atoms with E-state index >= 15 is 0 Å². The number of nitrogens with zero attached hydrogens (tertiary/aromatic N) is 3. The topological polar surface area (TPSA) is 56.5 Å². The normalized spacial score (nSPS) is 11.0. The van der Waals surface area contributed by atoms with Crippen molar-refractivity contribution in [3.05, 3.63) is 46.2 Å². The summed E-state index contributed by atoms with van der Waals surface area (Å²) >= 11 is 1.48. The lowest BCUT2D eigenvalue weighted by molar-refractivity contribution is 0.111. The molecule has 1 aromatic carbocycles. The Morgan fingerprint density at radius 2 is 2.24 bits per heavy atom. The lowest BCUT2D eigenvalue weighted by atomic mass is 10.1. The molecule has 6 heteroatoms. The summed E-state index contributed by atoms with van der Waals surface area (Å²) in [7, 11) is 0. The van der Waals surface area contributed by atoms with E-state index in [1.807, 2.05) is 19.1 Å². The molecular formula is C15H15N3O2S. The molecule has 0 aliphatic carbocycles. The highest BCUT2D eigenvalue weighted by Gasteiger charge is 2.09. The predicted molar refractivity (Wildman–Crippen MR) is 81.4 cm³/mol. The quantitative estimate of drug-likeness (QED) is 0.680. The number of benzene rings is 1. The smallest absolute Gasteiger partial charge is 0.212 e. The van der Waals surface area contributed by atoms with Gasteiger partial charge in [0.05, 0.1) is 12.8 Å². The van der Waals surface area contributed by atoms with Crippen molar-refractivity contribution in [2.24, 2.45) is 0 Å². The maximum absolute atomic E-state index is 10.8. The minimum absolute atomic E-state index is 0.475. The van der Waals surface area contributed by atoms with Gasteiger partial charge in [0, 0.05) is 6.42 Å². The zero-order chi connectivity index (χ0) is 14.8. The van der Waals surface area contributed by atoms with Gasteiger partial charge >= 0.3 is 0 Å².